The lowest BCUT2D eigenvalue weighted by atomic mass is 9.95. The summed E-state index contributed by atoms with van der Waals surface area (Å²) < 4.78 is 40.4. The second kappa shape index (κ2) is 10.9. The van der Waals surface area contributed by atoms with Crippen LogP contribution in [0.25, 0.3) is 0 Å². The molecule has 5 N–H and O–H groups in total. The van der Waals surface area contributed by atoms with Gasteiger partial charge < -0.3 is 21.7 Å². The fourth-order valence-electron chi connectivity index (χ4n) is 2.88. The maximum absolute atomic E-state index is 12.6. The Kier molecular flexibility index (Phi) is 9.21. The third-order valence-electron chi connectivity index (χ3n) is 4.32. The standard InChI is InChI=1S/C17H25F3N4O6/c1-8(2)5-11(24-16(29)13(21)26)15(28)23-10(6-9-3-4-22-14(9)27)12(25)7-30-17(18,19)20/h8-11H,3-7H2,1-2H3,(H2,21,26)(H,22,27)(H,23,28)(H,24,29)/t9?,10-,11-/m0/s1. The third-order valence-corrected chi connectivity index (χ3v) is 4.32. The molecule has 1 saturated heterocycles. The Morgan fingerprint density at radius 2 is 1.83 bits per heavy atom. The average molecular weight is 438 g/mol. The summed E-state index contributed by atoms with van der Waals surface area (Å²) >= 11 is 0. The molecule has 0 aliphatic carbocycles. The quantitative estimate of drug-likeness (QED) is 0.325. The van der Waals surface area contributed by atoms with Crippen LogP contribution in [0.5, 0.6) is 0 Å². The maximum Gasteiger partial charge on any atom is 0.522 e. The van der Waals surface area contributed by atoms with Gasteiger partial charge in [-0.3, -0.25) is 28.7 Å². The van der Waals surface area contributed by atoms with Gasteiger partial charge in [0, 0.05) is 12.5 Å². The molecule has 1 aliphatic rings. The molecule has 10 nitrogen and oxygen atoms in total. The minimum absolute atomic E-state index is 0.0642. The highest BCUT2D eigenvalue weighted by Gasteiger charge is 2.36. The summed E-state index contributed by atoms with van der Waals surface area (Å²) in [7, 11) is 0. The number of primary amides is 1. The van der Waals surface area contributed by atoms with E-state index in [4.69, 9.17) is 5.73 Å². The lowest BCUT2D eigenvalue weighted by molar-refractivity contribution is -0.321. The third kappa shape index (κ3) is 8.76. The molecule has 0 saturated carbocycles. The topological polar surface area (TPSA) is 157 Å². The molecule has 3 atom stereocenters. The van der Waals surface area contributed by atoms with E-state index in [9.17, 15) is 37.1 Å². The zero-order valence-electron chi connectivity index (χ0n) is 16.5. The van der Waals surface area contributed by atoms with Crippen molar-refractivity contribution in [2.45, 2.75) is 51.6 Å². The van der Waals surface area contributed by atoms with Crippen molar-refractivity contribution in [2.24, 2.45) is 17.6 Å². The Morgan fingerprint density at radius 3 is 2.30 bits per heavy atom. The Hall–Kier alpha value is -2.70. The summed E-state index contributed by atoms with van der Waals surface area (Å²) in [6, 6.07) is -2.73. The highest BCUT2D eigenvalue weighted by atomic mass is 19.4. The fraction of sp³-hybridized carbons (Fsp3) is 0.706. The van der Waals surface area contributed by atoms with Gasteiger partial charge >= 0.3 is 18.2 Å². The van der Waals surface area contributed by atoms with Crippen molar-refractivity contribution < 1.29 is 41.9 Å². The van der Waals surface area contributed by atoms with Gasteiger partial charge in [0.1, 0.15) is 12.6 Å². The predicted octanol–water partition coefficient (Wildman–Crippen LogP) is -0.881. The number of carbonyl (C=O) groups excluding carboxylic acids is 5. The number of amides is 4. The van der Waals surface area contributed by atoms with E-state index in [1.807, 2.05) is 0 Å². The molecule has 1 aliphatic heterocycles. The Morgan fingerprint density at radius 1 is 1.20 bits per heavy atom. The summed E-state index contributed by atoms with van der Waals surface area (Å²) in [6.07, 6.45) is -4.89. The van der Waals surface area contributed by atoms with Crippen LogP contribution in [-0.2, 0) is 28.7 Å². The van der Waals surface area contributed by atoms with E-state index >= 15 is 0 Å². The number of hydrogen-bond donors (Lipinski definition) is 4. The van der Waals surface area contributed by atoms with Crippen LogP contribution in [0.15, 0.2) is 0 Å². The molecule has 0 aromatic rings. The molecule has 0 radical (unpaired) electrons. The van der Waals surface area contributed by atoms with Gasteiger partial charge in [-0.25, -0.2) is 0 Å². The van der Waals surface area contributed by atoms with Crippen LogP contribution < -0.4 is 21.7 Å². The van der Waals surface area contributed by atoms with Gasteiger partial charge in [-0.2, -0.15) is 0 Å². The molecule has 13 heteroatoms. The number of halogens is 3. The molecule has 0 aromatic heterocycles. The predicted molar refractivity (Wildman–Crippen MR) is 95.3 cm³/mol. The van der Waals surface area contributed by atoms with Gasteiger partial charge in [0.2, 0.25) is 11.8 Å². The van der Waals surface area contributed by atoms with Crippen molar-refractivity contribution in [3.63, 3.8) is 0 Å². The Bertz CT molecular complexity index is 683. The number of hydrogen-bond acceptors (Lipinski definition) is 6. The van der Waals surface area contributed by atoms with Gasteiger partial charge in [0.25, 0.3) is 0 Å². The van der Waals surface area contributed by atoms with E-state index in [-0.39, 0.29) is 24.7 Å². The highest BCUT2D eigenvalue weighted by molar-refractivity contribution is 6.34. The molecule has 4 amide bonds. The van der Waals surface area contributed by atoms with E-state index < -0.39 is 54.5 Å². The van der Waals surface area contributed by atoms with Crippen molar-refractivity contribution in [1.82, 2.24) is 16.0 Å². The highest BCUT2D eigenvalue weighted by Crippen LogP contribution is 2.19. The van der Waals surface area contributed by atoms with Gasteiger partial charge in [0.05, 0.1) is 6.04 Å². The minimum Gasteiger partial charge on any atom is -0.361 e. The van der Waals surface area contributed by atoms with Gasteiger partial charge in [-0.05, 0) is 25.2 Å². The first-order valence-corrected chi connectivity index (χ1v) is 9.22. The molecule has 1 fully saturated rings. The normalized spacial score (nSPS) is 18.5. The van der Waals surface area contributed by atoms with Gasteiger partial charge in [-0.1, -0.05) is 13.8 Å². The number of ketones is 1. The lowest BCUT2D eigenvalue weighted by Gasteiger charge is -2.24. The number of alkyl halides is 3. The van der Waals surface area contributed by atoms with E-state index in [1.165, 1.54) is 0 Å². The van der Waals surface area contributed by atoms with E-state index in [1.54, 1.807) is 13.8 Å². The number of nitrogens with two attached hydrogens (primary N) is 1. The first-order valence-electron chi connectivity index (χ1n) is 9.22. The van der Waals surface area contributed by atoms with Crippen LogP contribution >= 0.6 is 0 Å². The molecule has 1 unspecified atom stereocenters. The first-order chi connectivity index (χ1) is 13.8. The number of rotatable bonds is 10. The summed E-state index contributed by atoms with van der Waals surface area (Å²) in [5.41, 5.74) is 4.86. The van der Waals surface area contributed by atoms with Crippen molar-refractivity contribution >= 4 is 29.4 Å². The van der Waals surface area contributed by atoms with Gasteiger partial charge in [0.15, 0.2) is 5.78 Å². The Balaban J connectivity index is 2.95. The van der Waals surface area contributed by atoms with Crippen LogP contribution in [0.3, 0.4) is 0 Å². The smallest absolute Gasteiger partial charge is 0.361 e. The molecule has 0 aromatic carbocycles. The SMILES string of the molecule is CC(C)C[C@H](NC(=O)C(N)=O)C(=O)N[C@@H](CC1CCNC1=O)C(=O)COC(F)(F)F. The van der Waals surface area contributed by atoms with Gasteiger partial charge in [-0.15, -0.1) is 13.2 Å². The largest absolute Gasteiger partial charge is 0.522 e. The van der Waals surface area contributed by atoms with E-state index in [0.717, 1.165) is 0 Å². The molecule has 30 heavy (non-hydrogen) atoms. The first kappa shape index (κ1) is 25.3. The second-order valence-corrected chi connectivity index (χ2v) is 7.29. The van der Waals surface area contributed by atoms with E-state index in [0.29, 0.717) is 13.0 Å². The average Bonchev–Trinajstić information content (AvgIpc) is 3.01. The number of Topliss-reactive ketones (excluding diaryl/α,β-unsaturated/α-hetero) is 1. The van der Waals surface area contributed by atoms with Crippen molar-refractivity contribution in [3.8, 4) is 0 Å². The number of ether oxygens (including phenoxy) is 1. The van der Waals surface area contributed by atoms with Crippen LogP contribution in [0, 0.1) is 11.8 Å². The molecular weight excluding hydrogens is 413 g/mol. The zero-order valence-corrected chi connectivity index (χ0v) is 16.5. The Labute approximate surface area is 170 Å². The molecule has 0 bridgehead atoms. The maximum atomic E-state index is 12.6. The summed E-state index contributed by atoms with van der Waals surface area (Å²) in [4.78, 5) is 59.2. The second-order valence-electron chi connectivity index (χ2n) is 7.29. The molecule has 1 heterocycles. The molecular formula is C17H25F3N4O6. The lowest BCUT2D eigenvalue weighted by Crippen LogP contribution is -2.54. The molecule has 170 valence electrons. The van der Waals surface area contributed by atoms with Crippen molar-refractivity contribution in [2.75, 3.05) is 13.2 Å². The number of carbonyl (C=O) groups is 5. The minimum atomic E-state index is -5.05. The van der Waals surface area contributed by atoms with Crippen LogP contribution in [0.1, 0.15) is 33.1 Å². The summed E-state index contributed by atoms with van der Waals surface area (Å²) in [5, 5.41) is 6.92. The summed E-state index contributed by atoms with van der Waals surface area (Å²) in [5.74, 6) is -5.75. The van der Waals surface area contributed by atoms with Crippen LogP contribution in [0.4, 0.5) is 13.2 Å². The van der Waals surface area contributed by atoms with Crippen molar-refractivity contribution in [1.29, 1.82) is 0 Å². The molecule has 1 rings (SSSR count). The zero-order chi connectivity index (χ0) is 23.1. The monoisotopic (exact) mass is 438 g/mol. The van der Waals surface area contributed by atoms with Crippen LogP contribution in [0.2, 0.25) is 0 Å². The molecule has 0 spiro atoms. The van der Waals surface area contributed by atoms with E-state index in [2.05, 4.69) is 20.7 Å². The fourth-order valence-corrected chi connectivity index (χ4v) is 2.88. The number of nitrogens with one attached hydrogen (secondary N) is 3. The van der Waals surface area contributed by atoms with Crippen molar-refractivity contribution in [3.05, 3.63) is 0 Å². The van der Waals surface area contributed by atoms with Crippen LogP contribution in [-0.4, -0.2) is 61.0 Å². The summed E-state index contributed by atoms with van der Waals surface area (Å²) in [6.45, 7) is 2.42.